The van der Waals surface area contributed by atoms with E-state index in [1.54, 1.807) is 35.0 Å². The van der Waals surface area contributed by atoms with Gasteiger partial charge in [0, 0.05) is 26.7 Å². The number of carbonyl (C=O) groups is 1. The second-order valence-corrected chi connectivity index (χ2v) is 9.34. The monoisotopic (exact) mass is 550 g/mol. The van der Waals surface area contributed by atoms with E-state index in [4.69, 9.17) is 26.1 Å². The SMILES string of the molecule is COc1cccc2c1nc(C(F)F)n2-c1nc(N2CCOCC2)nc(N(C)[C@H]2CCCCN2C(=O)CCl)n1. The Bertz CT molecular complexity index is 1300. The molecule has 0 radical (unpaired) electrons. The molecule has 1 aromatic carbocycles. The molecule has 38 heavy (non-hydrogen) atoms. The van der Waals surface area contributed by atoms with E-state index in [2.05, 4.69) is 15.0 Å². The number of piperidine rings is 1. The van der Waals surface area contributed by atoms with E-state index >= 15 is 0 Å². The van der Waals surface area contributed by atoms with Crippen LogP contribution in [0.15, 0.2) is 18.2 Å². The van der Waals surface area contributed by atoms with Crippen LogP contribution in [0.3, 0.4) is 0 Å². The summed E-state index contributed by atoms with van der Waals surface area (Å²) >= 11 is 5.89. The zero-order valence-corrected chi connectivity index (χ0v) is 21.9. The molecule has 14 heteroatoms. The third-order valence-corrected chi connectivity index (χ3v) is 7.08. The van der Waals surface area contributed by atoms with Crippen molar-refractivity contribution in [2.45, 2.75) is 31.9 Å². The minimum absolute atomic E-state index is 0.000393. The summed E-state index contributed by atoms with van der Waals surface area (Å²) in [5.74, 6) is 0.122. The van der Waals surface area contributed by atoms with Crippen LogP contribution >= 0.6 is 11.6 Å². The summed E-state index contributed by atoms with van der Waals surface area (Å²) in [6, 6.07) is 5.02. The predicted molar refractivity (Wildman–Crippen MR) is 137 cm³/mol. The maximum atomic E-state index is 14.3. The van der Waals surface area contributed by atoms with Crippen LogP contribution in [-0.4, -0.2) is 94.4 Å². The van der Waals surface area contributed by atoms with Crippen LogP contribution in [0.1, 0.15) is 31.5 Å². The highest BCUT2D eigenvalue weighted by Gasteiger charge is 2.32. The van der Waals surface area contributed by atoms with Gasteiger partial charge in [0.1, 0.15) is 23.3 Å². The van der Waals surface area contributed by atoms with Gasteiger partial charge in [-0.25, -0.2) is 13.8 Å². The average Bonchev–Trinajstić information content (AvgIpc) is 3.37. The lowest BCUT2D eigenvalue weighted by atomic mass is 10.1. The number of ether oxygens (including phenoxy) is 2. The van der Waals surface area contributed by atoms with Gasteiger partial charge in [-0.05, 0) is 31.4 Å². The zero-order valence-electron chi connectivity index (χ0n) is 21.2. The molecule has 1 amide bonds. The maximum Gasteiger partial charge on any atom is 0.296 e. The molecule has 0 bridgehead atoms. The lowest BCUT2D eigenvalue weighted by Crippen LogP contribution is -2.53. The van der Waals surface area contributed by atoms with Gasteiger partial charge >= 0.3 is 0 Å². The molecule has 204 valence electrons. The Balaban J connectivity index is 1.67. The largest absolute Gasteiger partial charge is 0.494 e. The number of carbonyl (C=O) groups excluding carboxylic acids is 1. The van der Waals surface area contributed by atoms with Crippen LogP contribution in [0.25, 0.3) is 17.0 Å². The molecule has 0 saturated carbocycles. The highest BCUT2D eigenvalue weighted by atomic mass is 35.5. The quantitative estimate of drug-likeness (QED) is 0.411. The van der Waals surface area contributed by atoms with Crippen molar-refractivity contribution in [1.29, 1.82) is 0 Å². The van der Waals surface area contributed by atoms with Crippen LogP contribution in [0.5, 0.6) is 5.75 Å². The number of amides is 1. The second-order valence-electron chi connectivity index (χ2n) is 9.08. The van der Waals surface area contributed by atoms with E-state index < -0.39 is 12.2 Å². The third-order valence-electron chi connectivity index (χ3n) is 6.85. The van der Waals surface area contributed by atoms with Crippen molar-refractivity contribution in [1.82, 2.24) is 29.4 Å². The number of benzene rings is 1. The van der Waals surface area contributed by atoms with Crippen molar-refractivity contribution in [2.75, 3.05) is 62.7 Å². The lowest BCUT2D eigenvalue weighted by molar-refractivity contribution is -0.132. The summed E-state index contributed by atoms with van der Waals surface area (Å²) < 4.78 is 40.6. The van der Waals surface area contributed by atoms with Crippen molar-refractivity contribution < 1.29 is 23.0 Å². The van der Waals surface area contributed by atoms with E-state index in [0.29, 0.717) is 56.5 Å². The Hall–Kier alpha value is -3.32. The third kappa shape index (κ3) is 4.92. The normalized spacial score (nSPS) is 18.3. The van der Waals surface area contributed by atoms with Gasteiger partial charge in [0.15, 0.2) is 5.82 Å². The van der Waals surface area contributed by atoms with Crippen molar-refractivity contribution in [3.05, 3.63) is 24.0 Å². The number of hydrogen-bond donors (Lipinski definition) is 0. The number of imidazole rings is 1. The summed E-state index contributed by atoms with van der Waals surface area (Å²) in [5.41, 5.74) is 0.656. The van der Waals surface area contributed by atoms with Gasteiger partial charge in [0.2, 0.25) is 23.8 Å². The van der Waals surface area contributed by atoms with E-state index in [9.17, 15) is 13.6 Å². The molecule has 2 fully saturated rings. The molecule has 2 aliphatic rings. The number of rotatable bonds is 7. The Kier molecular flexibility index (Phi) is 7.75. The average molecular weight is 551 g/mol. The Morgan fingerprint density at radius 3 is 2.63 bits per heavy atom. The molecular formula is C24H29ClF2N8O3. The number of alkyl halides is 3. The number of methoxy groups -OCH3 is 1. The minimum atomic E-state index is -2.90. The highest BCUT2D eigenvalue weighted by molar-refractivity contribution is 6.27. The summed E-state index contributed by atoms with van der Waals surface area (Å²) in [6.45, 7) is 2.61. The number of nitrogens with zero attached hydrogens (tertiary/aromatic N) is 8. The van der Waals surface area contributed by atoms with Gasteiger partial charge in [-0.2, -0.15) is 15.0 Å². The van der Waals surface area contributed by atoms with Gasteiger partial charge in [-0.3, -0.25) is 9.36 Å². The molecule has 3 aromatic rings. The number of morpholine rings is 1. The fourth-order valence-corrected chi connectivity index (χ4v) is 5.09. The van der Waals surface area contributed by atoms with E-state index in [0.717, 1.165) is 12.8 Å². The molecule has 11 nitrogen and oxygen atoms in total. The van der Waals surface area contributed by atoms with Crippen LogP contribution in [0.2, 0.25) is 0 Å². The van der Waals surface area contributed by atoms with Gasteiger partial charge in [-0.1, -0.05) is 6.07 Å². The van der Waals surface area contributed by atoms with Crippen LogP contribution in [0, 0.1) is 0 Å². The molecular weight excluding hydrogens is 522 g/mol. The van der Waals surface area contributed by atoms with Crippen LogP contribution < -0.4 is 14.5 Å². The van der Waals surface area contributed by atoms with Gasteiger partial charge in [-0.15, -0.1) is 11.6 Å². The van der Waals surface area contributed by atoms with Crippen molar-refractivity contribution in [3.63, 3.8) is 0 Å². The number of para-hydroxylation sites is 1. The first-order valence-electron chi connectivity index (χ1n) is 12.4. The number of halogens is 3. The molecule has 1 atom stereocenters. The fourth-order valence-electron chi connectivity index (χ4n) is 4.94. The first-order valence-corrected chi connectivity index (χ1v) is 13.0. The number of hydrogen-bond acceptors (Lipinski definition) is 9. The fraction of sp³-hybridized carbons (Fsp3) is 0.542. The smallest absolute Gasteiger partial charge is 0.296 e. The summed E-state index contributed by atoms with van der Waals surface area (Å²) in [7, 11) is 3.25. The van der Waals surface area contributed by atoms with Crippen molar-refractivity contribution in [2.24, 2.45) is 0 Å². The van der Waals surface area contributed by atoms with Crippen LogP contribution in [0.4, 0.5) is 20.7 Å². The summed E-state index contributed by atoms with van der Waals surface area (Å²) in [6.07, 6.45) is -0.754. The number of fused-ring (bicyclic) bond motifs is 1. The molecule has 0 unspecified atom stereocenters. The second kappa shape index (κ2) is 11.2. The minimum Gasteiger partial charge on any atom is -0.494 e. The summed E-state index contributed by atoms with van der Waals surface area (Å²) in [4.78, 5) is 36.2. The van der Waals surface area contributed by atoms with Crippen molar-refractivity contribution in [3.8, 4) is 11.7 Å². The zero-order chi connectivity index (χ0) is 26.8. The lowest BCUT2D eigenvalue weighted by Gasteiger charge is -2.41. The Morgan fingerprint density at radius 2 is 1.92 bits per heavy atom. The van der Waals surface area contributed by atoms with Crippen molar-refractivity contribution >= 4 is 40.4 Å². The first kappa shape index (κ1) is 26.3. The summed E-state index contributed by atoms with van der Waals surface area (Å²) in [5, 5.41) is 0. The first-order chi connectivity index (χ1) is 18.4. The predicted octanol–water partition coefficient (Wildman–Crippen LogP) is 3.01. The van der Waals surface area contributed by atoms with Gasteiger partial charge < -0.3 is 24.2 Å². The molecule has 0 aliphatic carbocycles. The van der Waals surface area contributed by atoms with E-state index in [1.807, 2.05) is 4.90 Å². The Labute approximate surface area is 223 Å². The molecule has 2 aromatic heterocycles. The Morgan fingerprint density at radius 1 is 1.16 bits per heavy atom. The highest BCUT2D eigenvalue weighted by Crippen LogP contribution is 2.33. The molecule has 4 heterocycles. The van der Waals surface area contributed by atoms with E-state index in [-0.39, 0.29) is 35.4 Å². The topological polar surface area (TPSA) is 102 Å². The van der Waals surface area contributed by atoms with Gasteiger partial charge in [0.25, 0.3) is 6.43 Å². The molecule has 0 spiro atoms. The number of likely N-dealkylation sites (tertiary alicyclic amines) is 1. The molecule has 0 N–H and O–H groups in total. The molecule has 2 saturated heterocycles. The van der Waals surface area contributed by atoms with Gasteiger partial charge in [0.05, 0.1) is 25.8 Å². The maximum absolute atomic E-state index is 14.3. The van der Waals surface area contributed by atoms with E-state index in [1.165, 1.54) is 11.7 Å². The standard InChI is InChI=1S/C24H29ClF2N8O3/c1-32(17-8-3-4-9-34(17)18(36)14-25)22-29-23(33-10-12-38-13-11-33)31-24(30-22)35-15-6-5-7-16(37-2)19(15)28-21(35)20(26)27/h5-7,17,20H,3-4,8-14H2,1-2H3/t17-/m1/s1. The molecule has 2 aliphatic heterocycles. The molecule has 5 rings (SSSR count). The number of anilines is 2. The number of aromatic nitrogens is 5. The van der Waals surface area contributed by atoms with Crippen LogP contribution in [-0.2, 0) is 9.53 Å².